The van der Waals surface area contributed by atoms with Crippen LogP contribution in [-0.2, 0) is 4.74 Å². The van der Waals surface area contributed by atoms with E-state index in [4.69, 9.17) is 0 Å². The molecule has 0 rings (SSSR count). The van der Waals surface area contributed by atoms with Crippen LogP contribution in [0, 0.1) is 0 Å². The molecule has 0 aromatic carbocycles. The molecule has 0 bridgehead atoms. The molecule has 21 heavy (non-hydrogen) atoms. The van der Waals surface area contributed by atoms with E-state index in [0.29, 0.717) is 24.7 Å². The molecule has 0 N–H and O–H groups in total. The summed E-state index contributed by atoms with van der Waals surface area (Å²) in [6, 6.07) is 0. The molecule has 0 aromatic heterocycles. The van der Waals surface area contributed by atoms with E-state index in [1.54, 1.807) is 0 Å². The van der Waals surface area contributed by atoms with E-state index in [2.05, 4.69) is 27.9 Å². The van der Waals surface area contributed by atoms with Crippen molar-refractivity contribution in [3.63, 3.8) is 0 Å². The Bertz CT molecular complexity index is 347. The fourth-order valence-corrected chi connectivity index (χ4v) is 0.934. The summed E-state index contributed by atoms with van der Waals surface area (Å²) in [7, 11) is 0. The van der Waals surface area contributed by atoms with Gasteiger partial charge in [0, 0.05) is 12.8 Å². The van der Waals surface area contributed by atoms with Crippen molar-refractivity contribution >= 4 is 23.2 Å². The number of rotatable bonds is 8. The highest BCUT2D eigenvalue weighted by molar-refractivity contribution is 6.22. The van der Waals surface area contributed by atoms with Gasteiger partial charge in [-0.15, -0.1) is 0 Å². The van der Waals surface area contributed by atoms with Crippen LogP contribution in [0.1, 0.15) is 12.8 Å². The Balaban J connectivity index is 4.23. The lowest BCUT2D eigenvalue weighted by Crippen LogP contribution is -2.34. The predicted octanol–water partition coefficient (Wildman–Crippen LogP) is 5.74. The first-order chi connectivity index (χ1) is 9.21. The Morgan fingerprint density at radius 1 is 0.667 bits per heavy atom. The van der Waals surface area contributed by atoms with Crippen LogP contribution in [0.15, 0.2) is 24.7 Å². The lowest BCUT2D eigenvalue weighted by atomic mass is 10.2. The Hall–Kier alpha value is -0.700. The van der Waals surface area contributed by atoms with Gasteiger partial charge in [0.15, 0.2) is 0 Å². The third-order valence-electron chi connectivity index (χ3n) is 1.93. The molecule has 11 heteroatoms. The van der Waals surface area contributed by atoms with Gasteiger partial charge in [-0.3, -0.25) is 0 Å². The normalized spacial score (nSPS) is 15.1. The van der Waals surface area contributed by atoms with Crippen LogP contribution in [0.4, 0.5) is 35.1 Å². The quantitative estimate of drug-likeness (QED) is 0.302. The molecule has 1 nitrogen and oxygen atoms in total. The summed E-state index contributed by atoms with van der Waals surface area (Å²) < 4.78 is 103. The second kappa shape index (κ2) is 7.04. The first-order valence-electron chi connectivity index (χ1n) is 5.05. The van der Waals surface area contributed by atoms with Crippen LogP contribution >= 0.6 is 23.2 Å². The van der Waals surface area contributed by atoms with Crippen molar-refractivity contribution < 1.29 is 39.9 Å². The van der Waals surface area contributed by atoms with Crippen molar-refractivity contribution in [1.82, 2.24) is 0 Å². The molecular weight excluding hydrogens is 359 g/mol. The number of ether oxygens (including phenoxy) is 1. The molecular formula is C10H8Cl2F8O. The highest BCUT2D eigenvalue weighted by atomic mass is 35.5. The minimum Gasteiger partial charge on any atom is -0.473 e. The first-order valence-corrected chi connectivity index (χ1v) is 5.81. The summed E-state index contributed by atoms with van der Waals surface area (Å²) in [6.07, 6.45) is -1.10. The Kier molecular flexibility index (Phi) is 6.81. The van der Waals surface area contributed by atoms with E-state index in [9.17, 15) is 35.1 Å². The smallest absolute Gasteiger partial charge is 0.384 e. The summed E-state index contributed by atoms with van der Waals surface area (Å²) in [4.78, 5) is 0. The lowest BCUT2D eigenvalue weighted by Gasteiger charge is -2.19. The van der Waals surface area contributed by atoms with Gasteiger partial charge in [-0.2, -0.15) is 35.1 Å². The maximum atomic E-state index is 12.6. The maximum absolute atomic E-state index is 12.6. The zero-order valence-corrected chi connectivity index (χ0v) is 11.4. The molecule has 0 fully saturated rings. The van der Waals surface area contributed by atoms with E-state index in [0.717, 1.165) is 0 Å². The van der Waals surface area contributed by atoms with Crippen LogP contribution in [0.2, 0.25) is 0 Å². The number of allylic oxidation sites excluding steroid dienone is 2. The molecule has 0 unspecified atom stereocenters. The lowest BCUT2D eigenvalue weighted by molar-refractivity contribution is -0.154. The standard InChI is InChI=1S/C10H8Cl2F8O/c11-9(17,18)7(13,14)3-1-5-21-6-2-4-8(15,16)10(12,19)20/h1-2,5-6H,3-4H2. The predicted molar refractivity (Wildman–Crippen MR) is 60.1 cm³/mol. The second-order valence-corrected chi connectivity index (χ2v) is 4.64. The van der Waals surface area contributed by atoms with Crippen molar-refractivity contribution in [1.29, 1.82) is 0 Å². The molecule has 0 saturated carbocycles. The average molecular weight is 367 g/mol. The molecule has 0 radical (unpaired) electrons. The van der Waals surface area contributed by atoms with Crippen LogP contribution in [0.25, 0.3) is 0 Å². The molecule has 0 aliphatic carbocycles. The number of hydrogen-bond acceptors (Lipinski definition) is 1. The van der Waals surface area contributed by atoms with Crippen molar-refractivity contribution in [2.75, 3.05) is 0 Å². The van der Waals surface area contributed by atoms with E-state index in [-0.39, 0.29) is 0 Å². The SMILES string of the molecule is FC(F)(Cl)C(F)(F)CC=COC=CCC(F)(F)C(F)(F)Cl. The van der Waals surface area contributed by atoms with Crippen LogP contribution < -0.4 is 0 Å². The number of halogens is 10. The van der Waals surface area contributed by atoms with Crippen LogP contribution in [-0.4, -0.2) is 22.6 Å². The van der Waals surface area contributed by atoms with E-state index >= 15 is 0 Å². The molecule has 0 spiro atoms. The second-order valence-electron chi connectivity index (χ2n) is 3.69. The largest absolute Gasteiger partial charge is 0.473 e. The van der Waals surface area contributed by atoms with Gasteiger partial charge in [0.2, 0.25) is 0 Å². The van der Waals surface area contributed by atoms with E-state index in [1.807, 2.05) is 0 Å². The zero-order valence-electron chi connectivity index (χ0n) is 9.91. The maximum Gasteiger partial charge on any atom is 0.384 e. The molecule has 0 aromatic rings. The Morgan fingerprint density at radius 3 is 1.19 bits per heavy atom. The zero-order chi connectivity index (χ0) is 16.9. The third kappa shape index (κ3) is 6.73. The molecule has 0 aliphatic heterocycles. The highest BCUT2D eigenvalue weighted by Gasteiger charge is 2.54. The van der Waals surface area contributed by atoms with Crippen molar-refractivity contribution in [2.45, 2.75) is 35.5 Å². The average Bonchev–Trinajstić information content (AvgIpc) is 2.24. The molecule has 124 valence electrons. The van der Waals surface area contributed by atoms with Gasteiger partial charge in [0.05, 0.1) is 12.5 Å². The van der Waals surface area contributed by atoms with Crippen molar-refractivity contribution in [3.05, 3.63) is 24.7 Å². The van der Waals surface area contributed by atoms with Gasteiger partial charge in [-0.25, -0.2) is 0 Å². The molecule has 0 saturated heterocycles. The van der Waals surface area contributed by atoms with E-state index < -0.39 is 35.5 Å². The van der Waals surface area contributed by atoms with Gasteiger partial charge < -0.3 is 4.74 Å². The first kappa shape index (κ1) is 20.3. The Morgan fingerprint density at radius 2 is 0.952 bits per heavy atom. The summed E-state index contributed by atoms with van der Waals surface area (Å²) in [6.45, 7) is 0. The summed E-state index contributed by atoms with van der Waals surface area (Å²) in [5.41, 5.74) is 0. The Labute approximate surface area is 124 Å². The van der Waals surface area contributed by atoms with Gasteiger partial charge in [0.25, 0.3) is 0 Å². The molecule has 0 amide bonds. The monoisotopic (exact) mass is 366 g/mol. The van der Waals surface area contributed by atoms with Gasteiger partial charge in [-0.1, -0.05) is 0 Å². The van der Waals surface area contributed by atoms with Gasteiger partial charge >= 0.3 is 22.6 Å². The molecule has 0 atom stereocenters. The summed E-state index contributed by atoms with van der Waals surface area (Å²) in [5, 5.41) is -9.53. The van der Waals surface area contributed by atoms with Gasteiger partial charge in [0.1, 0.15) is 0 Å². The highest BCUT2D eigenvalue weighted by Crippen LogP contribution is 2.41. The molecule has 0 heterocycles. The fraction of sp³-hybridized carbons (Fsp3) is 0.600. The number of alkyl halides is 10. The topological polar surface area (TPSA) is 9.23 Å². The third-order valence-corrected chi connectivity index (χ3v) is 2.48. The minimum absolute atomic E-state index is 0.453. The van der Waals surface area contributed by atoms with Gasteiger partial charge in [-0.05, 0) is 35.4 Å². The van der Waals surface area contributed by atoms with Crippen LogP contribution in [0.3, 0.4) is 0 Å². The summed E-state index contributed by atoms with van der Waals surface area (Å²) >= 11 is 8.28. The minimum atomic E-state index is -4.76. The summed E-state index contributed by atoms with van der Waals surface area (Å²) in [5.74, 6) is -9.07. The van der Waals surface area contributed by atoms with Crippen molar-refractivity contribution in [3.8, 4) is 0 Å². The van der Waals surface area contributed by atoms with Crippen molar-refractivity contribution in [2.24, 2.45) is 0 Å². The van der Waals surface area contributed by atoms with Crippen LogP contribution in [0.5, 0.6) is 0 Å². The number of hydrogen-bond donors (Lipinski definition) is 0. The molecule has 0 aliphatic rings. The fourth-order valence-electron chi connectivity index (χ4n) is 0.780. The van der Waals surface area contributed by atoms with E-state index in [1.165, 1.54) is 0 Å².